The monoisotopic (exact) mass is 236 g/mol. The average molecular weight is 236 g/mol. The fraction of sp³-hybridized carbons (Fsp3) is 1.00. The van der Waals surface area contributed by atoms with E-state index < -0.39 is 0 Å². The van der Waals surface area contributed by atoms with Crippen molar-refractivity contribution in [1.29, 1.82) is 0 Å². The summed E-state index contributed by atoms with van der Waals surface area (Å²) >= 11 is 0. The number of hydrogen-bond donors (Lipinski definition) is 2. The second-order valence-electron chi connectivity index (χ2n) is 7.17. The second-order valence-corrected chi connectivity index (χ2v) is 7.17. The standard InChI is InChI=1S/C15H28N2/c1-15(2)10-14(15)17-13-8-5-6-11(13)12-7-3-4-9-16-12/h11-14,16-17H,3-10H2,1-2H3. The molecule has 3 fully saturated rings. The van der Waals surface area contributed by atoms with Crippen molar-refractivity contribution in [2.24, 2.45) is 11.3 Å². The Morgan fingerprint density at radius 1 is 1.06 bits per heavy atom. The maximum Gasteiger partial charge on any atom is 0.0127 e. The molecule has 0 spiro atoms. The summed E-state index contributed by atoms with van der Waals surface area (Å²) in [6, 6.07) is 2.42. The maximum absolute atomic E-state index is 3.95. The quantitative estimate of drug-likeness (QED) is 0.787. The molecular formula is C15H28N2. The van der Waals surface area contributed by atoms with E-state index in [2.05, 4.69) is 24.5 Å². The van der Waals surface area contributed by atoms with Crippen molar-refractivity contribution in [2.75, 3.05) is 6.54 Å². The first-order valence-electron chi connectivity index (χ1n) is 7.66. The van der Waals surface area contributed by atoms with Crippen LogP contribution in [0.5, 0.6) is 0 Å². The molecule has 4 unspecified atom stereocenters. The van der Waals surface area contributed by atoms with Gasteiger partial charge >= 0.3 is 0 Å². The van der Waals surface area contributed by atoms with Gasteiger partial charge in [0.15, 0.2) is 0 Å². The number of rotatable bonds is 3. The predicted molar refractivity (Wildman–Crippen MR) is 72.1 cm³/mol. The van der Waals surface area contributed by atoms with Gasteiger partial charge in [0.1, 0.15) is 0 Å². The summed E-state index contributed by atoms with van der Waals surface area (Å²) in [6.45, 7) is 6.05. The van der Waals surface area contributed by atoms with E-state index in [0.717, 1.165) is 24.0 Å². The van der Waals surface area contributed by atoms with E-state index in [-0.39, 0.29) is 0 Å². The fourth-order valence-electron chi connectivity index (χ4n) is 3.93. The van der Waals surface area contributed by atoms with Gasteiger partial charge in [-0.15, -0.1) is 0 Å². The first-order chi connectivity index (χ1) is 8.17. The van der Waals surface area contributed by atoms with Crippen LogP contribution in [0.1, 0.15) is 58.8 Å². The first kappa shape index (κ1) is 12.0. The van der Waals surface area contributed by atoms with Crippen LogP contribution in [0.3, 0.4) is 0 Å². The summed E-state index contributed by atoms with van der Waals surface area (Å²) in [6.07, 6.45) is 9.92. The summed E-state index contributed by atoms with van der Waals surface area (Å²) in [7, 11) is 0. The summed E-state index contributed by atoms with van der Waals surface area (Å²) in [4.78, 5) is 0. The molecule has 1 saturated heterocycles. The molecule has 2 saturated carbocycles. The SMILES string of the molecule is CC1(C)CC1NC1CCCC1C1CCCCN1. The van der Waals surface area contributed by atoms with E-state index in [1.165, 1.54) is 51.5 Å². The van der Waals surface area contributed by atoms with Crippen molar-refractivity contribution in [3.05, 3.63) is 0 Å². The molecule has 2 heteroatoms. The molecule has 0 aromatic heterocycles. The van der Waals surface area contributed by atoms with Crippen LogP contribution in [0.2, 0.25) is 0 Å². The highest BCUT2D eigenvalue weighted by atomic mass is 15.1. The van der Waals surface area contributed by atoms with Gasteiger partial charge in [0, 0.05) is 18.1 Å². The number of piperidine rings is 1. The second kappa shape index (κ2) is 4.55. The van der Waals surface area contributed by atoms with Crippen molar-refractivity contribution >= 4 is 0 Å². The Kier molecular flexibility index (Phi) is 3.20. The third-order valence-corrected chi connectivity index (χ3v) is 5.36. The molecule has 98 valence electrons. The predicted octanol–water partition coefficient (Wildman–Crippen LogP) is 2.69. The Morgan fingerprint density at radius 3 is 2.53 bits per heavy atom. The molecule has 2 N–H and O–H groups in total. The van der Waals surface area contributed by atoms with E-state index >= 15 is 0 Å². The van der Waals surface area contributed by atoms with E-state index in [1.54, 1.807) is 0 Å². The molecule has 1 heterocycles. The minimum atomic E-state index is 0.577. The van der Waals surface area contributed by atoms with Crippen molar-refractivity contribution in [1.82, 2.24) is 10.6 Å². The molecule has 4 atom stereocenters. The summed E-state index contributed by atoms with van der Waals surface area (Å²) in [5.41, 5.74) is 0.577. The van der Waals surface area contributed by atoms with Gasteiger partial charge in [0.25, 0.3) is 0 Å². The first-order valence-corrected chi connectivity index (χ1v) is 7.66. The zero-order chi connectivity index (χ0) is 11.9. The number of nitrogens with one attached hydrogen (secondary N) is 2. The van der Waals surface area contributed by atoms with Gasteiger partial charge in [-0.25, -0.2) is 0 Å². The van der Waals surface area contributed by atoms with E-state index in [4.69, 9.17) is 0 Å². The molecule has 1 aliphatic heterocycles. The topological polar surface area (TPSA) is 24.1 Å². The molecule has 2 aliphatic carbocycles. The Bertz CT molecular complexity index is 268. The highest BCUT2D eigenvalue weighted by Gasteiger charge is 2.48. The van der Waals surface area contributed by atoms with Crippen LogP contribution in [0.15, 0.2) is 0 Å². The largest absolute Gasteiger partial charge is 0.314 e. The van der Waals surface area contributed by atoms with Crippen LogP contribution in [0.25, 0.3) is 0 Å². The van der Waals surface area contributed by atoms with Gasteiger partial charge in [-0.3, -0.25) is 0 Å². The minimum Gasteiger partial charge on any atom is -0.314 e. The van der Waals surface area contributed by atoms with Crippen LogP contribution < -0.4 is 10.6 Å². The van der Waals surface area contributed by atoms with Crippen LogP contribution in [-0.2, 0) is 0 Å². The van der Waals surface area contributed by atoms with Crippen LogP contribution in [0.4, 0.5) is 0 Å². The van der Waals surface area contributed by atoms with E-state index in [9.17, 15) is 0 Å². The van der Waals surface area contributed by atoms with E-state index in [0.29, 0.717) is 5.41 Å². The Morgan fingerprint density at radius 2 is 1.88 bits per heavy atom. The van der Waals surface area contributed by atoms with Crippen molar-refractivity contribution in [3.63, 3.8) is 0 Å². The van der Waals surface area contributed by atoms with Crippen LogP contribution in [-0.4, -0.2) is 24.7 Å². The highest BCUT2D eigenvalue weighted by molar-refractivity contribution is 5.05. The zero-order valence-electron chi connectivity index (χ0n) is 11.5. The van der Waals surface area contributed by atoms with Gasteiger partial charge < -0.3 is 10.6 Å². The molecule has 3 rings (SSSR count). The lowest BCUT2D eigenvalue weighted by atomic mass is 9.88. The van der Waals surface area contributed by atoms with E-state index in [1.807, 2.05) is 0 Å². The molecule has 0 bridgehead atoms. The summed E-state index contributed by atoms with van der Waals surface area (Å²) in [5.74, 6) is 0.909. The minimum absolute atomic E-state index is 0.577. The highest BCUT2D eigenvalue weighted by Crippen LogP contribution is 2.46. The smallest absolute Gasteiger partial charge is 0.0127 e. The summed E-state index contributed by atoms with van der Waals surface area (Å²) in [5, 5.41) is 7.72. The van der Waals surface area contributed by atoms with Gasteiger partial charge in [-0.2, -0.15) is 0 Å². The normalized spacial score (nSPS) is 44.8. The zero-order valence-corrected chi connectivity index (χ0v) is 11.5. The fourth-order valence-corrected chi connectivity index (χ4v) is 3.93. The molecule has 2 nitrogen and oxygen atoms in total. The maximum atomic E-state index is 3.95. The van der Waals surface area contributed by atoms with Crippen molar-refractivity contribution < 1.29 is 0 Å². The lowest BCUT2D eigenvalue weighted by molar-refractivity contribution is 0.252. The van der Waals surface area contributed by atoms with Gasteiger partial charge in [0.05, 0.1) is 0 Å². The molecule has 3 aliphatic rings. The van der Waals surface area contributed by atoms with Crippen LogP contribution >= 0.6 is 0 Å². The van der Waals surface area contributed by atoms with Gasteiger partial charge in [-0.05, 0) is 50.0 Å². The van der Waals surface area contributed by atoms with Crippen molar-refractivity contribution in [3.8, 4) is 0 Å². The third-order valence-electron chi connectivity index (χ3n) is 5.36. The summed E-state index contributed by atoms with van der Waals surface area (Å²) < 4.78 is 0. The lowest BCUT2D eigenvalue weighted by Gasteiger charge is -2.33. The molecular weight excluding hydrogens is 208 g/mol. The Labute approximate surface area is 106 Å². The number of hydrogen-bond acceptors (Lipinski definition) is 2. The van der Waals surface area contributed by atoms with Crippen molar-refractivity contribution in [2.45, 2.75) is 76.9 Å². The Balaban J connectivity index is 1.56. The molecule has 0 radical (unpaired) electrons. The Hall–Kier alpha value is -0.0800. The molecule has 0 aromatic rings. The molecule has 0 amide bonds. The van der Waals surface area contributed by atoms with Gasteiger partial charge in [-0.1, -0.05) is 26.7 Å². The molecule has 17 heavy (non-hydrogen) atoms. The molecule has 0 aromatic carbocycles. The van der Waals surface area contributed by atoms with Gasteiger partial charge in [0.2, 0.25) is 0 Å². The lowest BCUT2D eigenvalue weighted by Crippen LogP contribution is -2.47. The third kappa shape index (κ3) is 2.53. The van der Waals surface area contributed by atoms with Crippen LogP contribution in [0, 0.1) is 11.3 Å². The average Bonchev–Trinajstić information content (AvgIpc) is 2.76.